The van der Waals surface area contributed by atoms with Crippen LogP contribution in [0.2, 0.25) is 0 Å². The maximum Gasteiger partial charge on any atom is 0.0814 e. The third kappa shape index (κ3) is 1.57. The smallest absolute Gasteiger partial charge is 0.0814 e. The minimum Gasteiger partial charge on any atom is -0.399 e. The molecule has 1 aliphatic carbocycles. The third-order valence-electron chi connectivity index (χ3n) is 2.82. The maximum atomic E-state index is 7.81. The van der Waals surface area contributed by atoms with Gasteiger partial charge in [-0.3, -0.25) is 0 Å². The maximum absolute atomic E-state index is 7.81. The minimum atomic E-state index is 0.554. The summed E-state index contributed by atoms with van der Waals surface area (Å²) in [5.41, 5.74) is 9.40. The van der Waals surface area contributed by atoms with Crippen molar-refractivity contribution in [2.24, 2.45) is 0 Å². The number of fused-ring (bicyclic) bond motifs is 2. The highest BCUT2D eigenvalue weighted by Gasteiger charge is 2.10. The standard InChI is InChI=1S/C13H11N3S/c1-7-9(15)3-5-11-13(7)17-12-6-8(14)2-4-10(12)16-11/h2-6,15H,14H2,1H3. The first-order chi connectivity index (χ1) is 8.15. The van der Waals surface area contributed by atoms with Crippen molar-refractivity contribution >= 4 is 27.2 Å². The van der Waals surface area contributed by atoms with Crippen molar-refractivity contribution in [3.05, 3.63) is 41.3 Å². The van der Waals surface area contributed by atoms with Gasteiger partial charge in [0.1, 0.15) is 0 Å². The van der Waals surface area contributed by atoms with E-state index in [9.17, 15) is 0 Å². The molecule has 0 amide bonds. The topological polar surface area (TPSA) is 62.8 Å². The quantitative estimate of drug-likeness (QED) is 0.469. The average molecular weight is 241 g/mol. The SMILES string of the molecule is Cc1c2sc3cc(N)ccc3nc-2ccc1=N. The Morgan fingerprint density at radius 1 is 1.24 bits per heavy atom. The summed E-state index contributed by atoms with van der Waals surface area (Å²) >= 11 is 1.64. The molecule has 0 aromatic heterocycles. The van der Waals surface area contributed by atoms with E-state index in [-0.39, 0.29) is 0 Å². The zero-order chi connectivity index (χ0) is 12.0. The second-order valence-electron chi connectivity index (χ2n) is 4.03. The summed E-state index contributed by atoms with van der Waals surface area (Å²) < 4.78 is 1.06. The van der Waals surface area contributed by atoms with Gasteiger partial charge in [-0.2, -0.15) is 0 Å². The molecule has 2 aliphatic rings. The van der Waals surface area contributed by atoms with Gasteiger partial charge in [0.05, 0.1) is 26.1 Å². The van der Waals surface area contributed by atoms with Gasteiger partial charge in [-0.25, -0.2) is 4.98 Å². The molecule has 17 heavy (non-hydrogen) atoms. The summed E-state index contributed by atoms with van der Waals surface area (Å²) in [5.74, 6) is 0. The van der Waals surface area contributed by atoms with Crippen molar-refractivity contribution in [2.45, 2.75) is 6.92 Å². The summed E-state index contributed by atoms with van der Waals surface area (Å²) in [4.78, 5) is 5.66. The highest BCUT2D eigenvalue weighted by atomic mass is 32.1. The van der Waals surface area contributed by atoms with Crippen LogP contribution >= 0.6 is 11.3 Å². The molecule has 3 N–H and O–H groups in total. The molecule has 0 spiro atoms. The van der Waals surface area contributed by atoms with Crippen molar-refractivity contribution in [3.63, 3.8) is 0 Å². The average Bonchev–Trinajstić information content (AvgIpc) is 2.32. The summed E-state index contributed by atoms with van der Waals surface area (Å²) in [7, 11) is 0. The molecule has 0 radical (unpaired) electrons. The zero-order valence-corrected chi connectivity index (χ0v) is 10.1. The van der Waals surface area contributed by atoms with Gasteiger partial charge in [0.25, 0.3) is 0 Å². The Labute approximate surface area is 102 Å². The minimum absolute atomic E-state index is 0.554. The molecule has 3 rings (SSSR count). The van der Waals surface area contributed by atoms with Crippen LogP contribution in [0.4, 0.5) is 5.69 Å². The van der Waals surface area contributed by atoms with Crippen LogP contribution in [-0.4, -0.2) is 4.98 Å². The molecule has 0 bridgehead atoms. The number of nitrogens with two attached hydrogens (primary N) is 1. The predicted octanol–water partition coefficient (Wildman–Crippen LogP) is 2.77. The Bertz CT molecular complexity index is 745. The summed E-state index contributed by atoms with van der Waals surface area (Å²) in [6, 6.07) is 9.42. The van der Waals surface area contributed by atoms with Gasteiger partial charge in [0.2, 0.25) is 0 Å². The van der Waals surface area contributed by atoms with E-state index in [1.165, 1.54) is 0 Å². The van der Waals surface area contributed by atoms with Crippen LogP contribution in [0.5, 0.6) is 0 Å². The van der Waals surface area contributed by atoms with Gasteiger partial charge in [-0.1, -0.05) is 0 Å². The van der Waals surface area contributed by atoms with Crippen LogP contribution < -0.4 is 11.1 Å². The van der Waals surface area contributed by atoms with Crippen LogP contribution in [0.25, 0.3) is 20.8 Å². The molecule has 3 nitrogen and oxygen atoms in total. The van der Waals surface area contributed by atoms with Crippen molar-refractivity contribution in [2.75, 3.05) is 5.73 Å². The second-order valence-corrected chi connectivity index (χ2v) is 5.08. The molecule has 0 saturated heterocycles. The third-order valence-corrected chi connectivity index (χ3v) is 4.09. The number of aromatic nitrogens is 1. The first kappa shape index (κ1) is 10.2. The normalized spacial score (nSPS) is 11.1. The lowest BCUT2D eigenvalue weighted by Gasteiger charge is -2.09. The number of rotatable bonds is 0. The van der Waals surface area contributed by atoms with Crippen LogP contribution in [0, 0.1) is 12.3 Å². The Hall–Kier alpha value is -1.94. The van der Waals surface area contributed by atoms with E-state index in [0.717, 1.165) is 32.0 Å². The number of hydrogen-bond donors (Lipinski definition) is 2. The lowest BCUT2D eigenvalue weighted by Crippen LogP contribution is -2.05. The summed E-state index contributed by atoms with van der Waals surface area (Å²) in [6.45, 7) is 1.96. The van der Waals surface area contributed by atoms with Crippen molar-refractivity contribution in [1.82, 2.24) is 4.98 Å². The van der Waals surface area contributed by atoms with E-state index in [1.807, 2.05) is 31.2 Å². The zero-order valence-electron chi connectivity index (χ0n) is 9.32. The second kappa shape index (κ2) is 3.53. The molecule has 0 unspecified atom stereocenters. The van der Waals surface area contributed by atoms with E-state index in [2.05, 4.69) is 4.98 Å². The first-order valence-corrected chi connectivity index (χ1v) is 6.11. The van der Waals surface area contributed by atoms with Crippen LogP contribution in [-0.2, 0) is 0 Å². The van der Waals surface area contributed by atoms with Crippen LogP contribution in [0.15, 0.2) is 30.3 Å². The molecule has 0 atom stereocenters. The van der Waals surface area contributed by atoms with Crippen molar-refractivity contribution in [1.29, 1.82) is 5.41 Å². The number of nitrogens with one attached hydrogen (secondary N) is 1. The van der Waals surface area contributed by atoms with E-state index in [4.69, 9.17) is 11.1 Å². The number of nitrogen functional groups attached to an aromatic ring is 1. The van der Waals surface area contributed by atoms with Gasteiger partial charge >= 0.3 is 0 Å². The fourth-order valence-electron chi connectivity index (χ4n) is 1.84. The number of nitrogens with zero attached hydrogens (tertiary/aromatic N) is 1. The predicted molar refractivity (Wildman–Crippen MR) is 71.2 cm³/mol. The molecular formula is C13H11N3S. The number of benzene rings is 2. The largest absolute Gasteiger partial charge is 0.399 e. The van der Waals surface area contributed by atoms with Gasteiger partial charge in [0.15, 0.2) is 0 Å². The fraction of sp³-hybridized carbons (Fsp3) is 0.0769. The molecule has 1 aromatic rings. The van der Waals surface area contributed by atoms with Gasteiger partial charge in [0, 0.05) is 5.69 Å². The van der Waals surface area contributed by atoms with Gasteiger partial charge in [-0.05, 0) is 42.8 Å². The van der Waals surface area contributed by atoms with Gasteiger partial charge < -0.3 is 11.1 Å². The fourth-order valence-corrected chi connectivity index (χ4v) is 2.95. The molecule has 0 fully saturated rings. The van der Waals surface area contributed by atoms with E-state index in [0.29, 0.717) is 5.36 Å². The van der Waals surface area contributed by atoms with E-state index in [1.54, 1.807) is 17.4 Å². The highest BCUT2D eigenvalue weighted by Crippen LogP contribution is 2.32. The summed E-state index contributed by atoms with van der Waals surface area (Å²) in [5, 5.41) is 8.36. The molecular weight excluding hydrogens is 230 g/mol. The Morgan fingerprint density at radius 3 is 2.88 bits per heavy atom. The molecule has 84 valence electrons. The first-order valence-electron chi connectivity index (χ1n) is 5.29. The number of hydrogen-bond acceptors (Lipinski definition) is 4. The molecule has 1 aromatic carbocycles. The molecule has 1 heterocycles. The lowest BCUT2D eigenvalue weighted by atomic mass is 10.1. The molecule has 0 saturated carbocycles. The number of anilines is 1. The van der Waals surface area contributed by atoms with Crippen molar-refractivity contribution < 1.29 is 0 Å². The van der Waals surface area contributed by atoms with Crippen LogP contribution in [0.1, 0.15) is 5.56 Å². The highest BCUT2D eigenvalue weighted by molar-refractivity contribution is 7.21. The monoisotopic (exact) mass is 241 g/mol. The van der Waals surface area contributed by atoms with E-state index >= 15 is 0 Å². The Kier molecular flexibility index (Phi) is 2.12. The Morgan fingerprint density at radius 2 is 2.06 bits per heavy atom. The molecule has 1 aliphatic heterocycles. The lowest BCUT2D eigenvalue weighted by molar-refractivity contribution is 1.21. The Balaban J connectivity index is 2.49. The van der Waals surface area contributed by atoms with Crippen LogP contribution in [0.3, 0.4) is 0 Å². The molecule has 4 heteroatoms. The van der Waals surface area contributed by atoms with Gasteiger partial charge in [-0.15, -0.1) is 11.3 Å². The van der Waals surface area contributed by atoms with Crippen molar-refractivity contribution in [3.8, 4) is 10.6 Å². The summed E-state index contributed by atoms with van der Waals surface area (Å²) in [6.07, 6.45) is 0. The van der Waals surface area contributed by atoms with E-state index < -0.39 is 0 Å².